The van der Waals surface area contributed by atoms with Crippen molar-refractivity contribution in [1.29, 1.82) is 0 Å². The molecule has 0 radical (unpaired) electrons. The fourth-order valence-electron chi connectivity index (χ4n) is 3.70. The third-order valence-electron chi connectivity index (χ3n) is 4.47. The highest BCUT2D eigenvalue weighted by molar-refractivity contribution is 4.98. The average molecular weight is 196 g/mol. The predicted molar refractivity (Wildman–Crippen MR) is 64.4 cm³/mol. The summed E-state index contributed by atoms with van der Waals surface area (Å²) in [7, 11) is 0. The van der Waals surface area contributed by atoms with Gasteiger partial charge in [-0.3, -0.25) is 0 Å². The molecular weight excluding hydrogens is 168 g/mol. The van der Waals surface area contributed by atoms with Gasteiger partial charge in [0.25, 0.3) is 0 Å². The first-order chi connectivity index (χ1) is 6.29. The summed E-state index contributed by atoms with van der Waals surface area (Å²) in [5.41, 5.74) is 1.09. The lowest BCUT2D eigenvalue weighted by molar-refractivity contribution is 0.0234. The minimum Gasteiger partial charge on any atom is -0.0628 e. The van der Waals surface area contributed by atoms with Gasteiger partial charge in [-0.05, 0) is 35.5 Å². The number of rotatable bonds is 2. The molecule has 0 aromatic heterocycles. The normalized spacial score (nSPS) is 34.1. The topological polar surface area (TPSA) is 0 Å². The third-order valence-corrected chi connectivity index (χ3v) is 4.47. The van der Waals surface area contributed by atoms with Crippen LogP contribution in [0.2, 0.25) is 0 Å². The maximum Gasteiger partial charge on any atom is -0.0221 e. The van der Waals surface area contributed by atoms with E-state index in [9.17, 15) is 0 Å². The molecule has 0 aromatic rings. The van der Waals surface area contributed by atoms with E-state index < -0.39 is 0 Å². The molecule has 0 aliphatic heterocycles. The van der Waals surface area contributed by atoms with E-state index in [4.69, 9.17) is 0 Å². The van der Waals surface area contributed by atoms with Gasteiger partial charge in [0.15, 0.2) is 0 Å². The Morgan fingerprint density at radius 2 is 1.86 bits per heavy atom. The Balaban J connectivity index is 2.90. The van der Waals surface area contributed by atoms with E-state index in [0.717, 1.165) is 11.8 Å². The van der Waals surface area contributed by atoms with E-state index in [1.54, 1.807) is 0 Å². The lowest BCUT2D eigenvalue weighted by atomic mass is 9.58. The van der Waals surface area contributed by atoms with Gasteiger partial charge >= 0.3 is 0 Å². The molecule has 2 unspecified atom stereocenters. The second kappa shape index (κ2) is 3.87. The average Bonchev–Trinajstić information content (AvgIpc) is 2.30. The van der Waals surface area contributed by atoms with Crippen LogP contribution in [-0.4, -0.2) is 0 Å². The van der Waals surface area contributed by atoms with Crippen LogP contribution in [0.3, 0.4) is 0 Å². The van der Waals surface area contributed by atoms with E-state index in [1.807, 2.05) is 0 Å². The molecule has 0 bridgehead atoms. The minimum atomic E-state index is 0.479. The summed E-state index contributed by atoms with van der Waals surface area (Å²) in [5, 5.41) is 0. The smallest absolute Gasteiger partial charge is 0.0221 e. The van der Waals surface area contributed by atoms with Crippen LogP contribution < -0.4 is 0 Å². The Labute approximate surface area is 90.5 Å². The summed E-state index contributed by atoms with van der Waals surface area (Å²) in [5.74, 6) is 1.76. The van der Waals surface area contributed by atoms with Crippen molar-refractivity contribution in [2.75, 3.05) is 0 Å². The maximum atomic E-state index is 2.47. The molecular formula is C14H28. The Morgan fingerprint density at radius 3 is 2.14 bits per heavy atom. The van der Waals surface area contributed by atoms with Crippen molar-refractivity contribution in [2.45, 2.75) is 67.2 Å². The lowest BCUT2D eigenvalue weighted by Crippen LogP contribution is -2.39. The monoisotopic (exact) mass is 196 g/mol. The molecule has 0 heterocycles. The minimum absolute atomic E-state index is 0.479. The quantitative estimate of drug-likeness (QED) is 0.590. The third kappa shape index (κ3) is 1.99. The van der Waals surface area contributed by atoms with Gasteiger partial charge in [-0.2, -0.15) is 0 Å². The fraction of sp³-hybridized carbons (Fsp3) is 1.00. The van der Waals surface area contributed by atoms with Crippen molar-refractivity contribution in [3.8, 4) is 0 Å². The van der Waals surface area contributed by atoms with Gasteiger partial charge in [-0.1, -0.05) is 54.4 Å². The van der Waals surface area contributed by atoms with Crippen LogP contribution in [0.1, 0.15) is 67.2 Å². The molecule has 0 nitrogen and oxygen atoms in total. The zero-order valence-corrected chi connectivity index (χ0v) is 11.0. The molecule has 0 amide bonds. The molecule has 0 heteroatoms. The van der Waals surface area contributed by atoms with Gasteiger partial charge in [0.2, 0.25) is 0 Å². The van der Waals surface area contributed by atoms with Crippen molar-refractivity contribution in [3.63, 3.8) is 0 Å². The summed E-state index contributed by atoms with van der Waals surface area (Å²) in [6.45, 7) is 14.5. The molecule has 0 aromatic carbocycles. The molecule has 84 valence electrons. The molecule has 0 spiro atoms. The highest BCUT2D eigenvalue weighted by Crippen LogP contribution is 2.57. The van der Waals surface area contributed by atoms with Gasteiger partial charge in [0, 0.05) is 0 Å². The van der Waals surface area contributed by atoms with Crippen LogP contribution in [0.25, 0.3) is 0 Å². The van der Waals surface area contributed by atoms with Crippen LogP contribution >= 0.6 is 0 Å². The number of hydrogen-bond acceptors (Lipinski definition) is 0. The van der Waals surface area contributed by atoms with Crippen molar-refractivity contribution in [2.24, 2.45) is 22.7 Å². The van der Waals surface area contributed by atoms with Gasteiger partial charge in [-0.15, -0.1) is 0 Å². The Hall–Kier alpha value is 0. The summed E-state index contributed by atoms with van der Waals surface area (Å²) in [6, 6.07) is 0. The van der Waals surface area contributed by atoms with E-state index in [1.165, 1.54) is 25.7 Å². The molecule has 1 fully saturated rings. The number of hydrogen-bond donors (Lipinski definition) is 0. The zero-order valence-electron chi connectivity index (χ0n) is 11.0. The van der Waals surface area contributed by atoms with Crippen molar-refractivity contribution in [1.82, 2.24) is 0 Å². The first-order valence-electron chi connectivity index (χ1n) is 6.29. The lowest BCUT2D eigenvalue weighted by Gasteiger charge is -2.47. The van der Waals surface area contributed by atoms with E-state index in [2.05, 4.69) is 41.5 Å². The van der Waals surface area contributed by atoms with Crippen molar-refractivity contribution < 1.29 is 0 Å². The Morgan fingerprint density at radius 1 is 1.29 bits per heavy atom. The molecule has 2 atom stereocenters. The van der Waals surface area contributed by atoms with Crippen molar-refractivity contribution in [3.05, 3.63) is 0 Å². The van der Waals surface area contributed by atoms with E-state index >= 15 is 0 Å². The second-order valence-corrected chi connectivity index (χ2v) is 6.80. The van der Waals surface area contributed by atoms with Gasteiger partial charge in [-0.25, -0.2) is 0 Å². The molecule has 0 N–H and O–H groups in total. The van der Waals surface area contributed by atoms with Crippen molar-refractivity contribution >= 4 is 0 Å². The van der Waals surface area contributed by atoms with Crippen LogP contribution in [0.5, 0.6) is 0 Å². The second-order valence-electron chi connectivity index (χ2n) is 6.80. The Bertz CT molecular complexity index is 185. The largest absolute Gasteiger partial charge is 0.0628 e. The Kier molecular flexibility index (Phi) is 3.33. The van der Waals surface area contributed by atoms with E-state index in [0.29, 0.717) is 10.8 Å². The highest BCUT2D eigenvalue weighted by Gasteiger charge is 2.48. The summed E-state index contributed by atoms with van der Waals surface area (Å²) in [6.07, 6.45) is 5.77. The standard InChI is InChI=1S/C14H28/c1-11(2)10-14(13(4,5)6)9-7-8-12(14)3/h11-12H,7-10H2,1-6H3. The molecule has 0 saturated heterocycles. The first kappa shape index (κ1) is 12.1. The molecule has 1 rings (SSSR count). The van der Waals surface area contributed by atoms with Crippen LogP contribution in [0, 0.1) is 22.7 Å². The van der Waals surface area contributed by atoms with Crippen LogP contribution in [0.4, 0.5) is 0 Å². The van der Waals surface area contributed by atoms with Gasteiger partial charge in [0.05, 0.1) is 0 Å². The van der Waals surface area contributed by atoms with Gasteiger partial charge in [0.1, 0.15) is 0 Å². The maximum absolute atomic E-state index is 2.47. The predicted octanol–water partition coefficient (Wildman–Crippen LogP) is 4.89. The highest BCUT2D eigenvalue weighted by atomic mass is 14.5. The molecule has 1 saturated carbocycles. The molecule has 14 heavy (non-hydrogen) atoms. The molecule has 1 aliphatic rings. The summed E-state index contributed by atoms with van der Waals surface area (Å²) < 4.78 is 0. The van der Waals surface area contributed by atoms with Crippen LogP contribution in [0.15, 0.2) is 0 Å². The summed E-state index contributed by atoms with van der Waals surface area (Å²) >= 11 is 0. The fourth-order valence-corrected chi connectivity index (χ4v) is 3.70. The van der Waals surface area contributed by atoms with Crippen LogP contribution in [-0.2, 0) is 0 Å². The zero-order chi connectivity index (χ0) is 11.0. The first-order valence-corrected chi connectivity index (χ1v) is 6.29. The molecule has 1 aliphatic carbocycles. The van der Waals surface area contributed by atoms with Gasteiger partial charge < -0.3 is 0 Å². The SMILES string of the molecule is CC(C)CC1(C(C)(C)C)CCCC1C. The van der Waals surface area contributed by atoms with E-state index in [-0.39, 0.29) is 0 Å². The summed E-state index contributed by atoms with van der Waals surface area (Å²) in [4.78, 5) is 0.